The molecule has 1 fully saturated rings. The molecular formula is C20H20FN3O3S. The molecule has 0 radical (unpaired) electrons. The third kappa shape index (κ3) is 3.56. The van der Waals surface area contributed by atoms with Crippen LogP contribution in [0.2, 0.25) is 0 Å². The molecule has 0 N–H and O–H groups in total. The number of benzene rings is 1. The second kappa shape index (κ2) is 7.79. The van der Waals surface area contributed by atoms with Crippen molar-refractivity contribution in [2.75, 3.05) is 33.1 Å². The number of halogens is 1. The molecule has 0 bridgehead atoms. The summed E-state index contributed by atoms with van der Waals surface area (Å²) in [5, 5.41) is 0.877. The van der Waals surface area contributed by atoms with Crippen LogP contribution in [-0.2, 0) is 4.79 Å². The highest BCUT2D eigenvalue weighted by molar-refractivity contribution is 8.13. The highest BCUT2D eigenvalue weighted by Crippen LogP contribution is 2.41. The van der Waals surface area contributed by atoms with E-state index in [1.54, 1.807) is 37.2 Å². The number of nitrogens with zero attached hydrogens (tertiary/aromatic N) is 3. The minimum atomic E-state index is -0.355. The summed E-state index contributed by atoms with van der Waals surface area (Å²) in [4.78, 5) is 23.5. The molecule has 2 aromatic rings. The lowest BCUT2D eigenvalue weighted by molar-refractivity contribution is -0.126. The first-order valence-electron chi connectivity index (χ1n) is 8.91. The van der Waals surface area contributed by atoms with Crippen LogP contribution in [0.4, 0.5) is 10.1 Å². The smallest absolute Gasteiger partial charge is 0.213 e. The molecule has 146 valence electrons. The van der Waals surface area contributed by atoms with E-state index in [9.17, 15) is 9.18 Å². The number of aliphatic imine (C=N–C) groups is 1. The highest BCUT2D eigenvalue weighted by Gasteiger charge is 2.42. The zero-order valence-electron chi connectivity index (χ0n) is 15.6. The maximum atomic E-state index is 13.5. The fourth-order valence-corrected chi connectivity index (χ4v) is 4.22. The van der Waals surface area contributed by atoms with Crippen molar-refractivity contribution >= 4 is 28.4 Å². The Hall–Kier alpha value is -2.61. The topological polar surface area (TPSA) is 64.0 Å². The molecule has 1 unspecified atom stereocenters. The van der Waals surface area contributed by atoms with Crippen LogP contribution < -0.4 is 9.47 Å². The Balaban J connectivity index is 1.48. The van der Waals surface area contributed by atoms with Crippen molar-refractivity contribution in [1.82, 2.24) is 9.88 Å². The zero-order chi connectivity index (χ0) is 19.7. The molecular weight excluding hydrogens is 381 g/mol. The van der Waals surface area contributed by atoms with E-state index in [1.165, 1.54) is 12.1 Å². The van der Waals surface area contributed by atoms with Gasteiger partial charge in [-0.2, -0.15) is 0 Å². The van der Waals surface area contributed by atoms with Gasteiger partial charge < -0.3 is 14.4 Å². The summed E-state index contributed by atoms with van der Waals surface area (Å²) in [6.45, 7) is 1.44. The van der Waals surface area contributed by atoms with Crippen LogP contribution in [-0.4, -0.2) is 53.9 Å². The number of likely N-dealkylation sites (tertiary alicyclic amines) is 1. The van der Waals surface area contributed by atoms with Gasteiger partial charge in [0.15, 0.2) is 11.0 Å². The lowest BCUT2D eigenvalue weighted by Gasteiger charge is -2.45. The molecule has 1 saturated heterocycles. The first kappa shape index (κ1) is 18.7. The van der Waals surface area contributed by atoms with Crippen LogP contribution in [0.15, 0.2) is 41.5 Å². The number of carbonyl (C=O) groups is 1. The average molecular weight is 401 g/mol. The van der Waals surface area contributed by atoms with Gasteiger partial charge in [-0.15, -0.1) is 0 Å². The van der Waals surface area contributed by atoms with Gasteiger partial charge in [0.1, 0.15) is 18.2 Å². The third-order valence-electron chi connectivity index (χ3n) is 5.02. The molecule has 28 heavy (non-hydrogen) atoms. The van der Waals surface area contributed by atoms with E-state index >= 15 is 0 Å². The van der Waals surface area contributed by atoms with Gasteiger partial charge in [0.2, 0.25) is 5.88 Å². The van der Waals surface area contributed by atoms with E-state index in [0.717, 1.165) is 29.5 Å². The minimum Gasteiger partial charge on any atom is -0.485 e. The monoisotopic (exact) mass is 401 g/mol. The number of carbonyl (C=O) groups excluding carboxylic acids is 1. The number of fused-ring (bicyclic) bond motifs is 1. The Morgan fingerprint density at radius 3 is 2.86 bits per heavy atom. The van der Waals surface area contributed by atoms with Crippen molar-refractivity contribution in [3.8, 4) is 11.6 Å². The number of pyridine rings is 1. The van der Waals surface area contributed by atoms with Crippen LogP contribution >= 0.6 is 11.8 Å². The fraction of sp³-hybridized carbons (Fsp3) is 0.350. The maximum absolute atomic E-state index is 13.5. The predicted octanol–water partition coefficient (Wildman–Crippen LogP) is 3.26. The SMILES string of the molecule is COc1ccc(N=C(SC)N2CC(C3C(=O)COc4cc(F)ccc43)C2)cn1. The van der Waals surface area contributed by atoms with Gasteiger partial charge in [-0.05, 0) is 18.4 Å². The summed E-state index contributed by atoms with van der Waals surface area (Å²) in [5.41, 5.74) is 1.53. The first-order chi connectivity index (χ1) is 13.6. The number of rotatable bonds is 3. The average Bonchev–Trinajstić information content (AvgIpc) is 2.68. The quantitative estimate of drug-likeness (QED) is 0.581. The van der Waals surface area contributed by atoms with Gasteiger partial charge in [-0.25, -0.2) is 14.4 Å². The van der Waals surface area contributed by atoms with Crippen molar-refractivity contribution in [2.45, 2.75) is 5.92 Å². The summed E-state index contributed by atoms with van der Waals surface area (Å²) in [5.74, 6) is 0.615. The molecule has 4 rings (SSSR count). The largest absolute Gasteiger partial charge is 0.485 e. The van der Waals surface area contributed by atoms with Gasteiger partial charge >= 0.3 is 0 Å². The molecule has 2 aliphatic heterocycles. The number of ketones is 1. The minimum absolute atomic E-state index is 0.00138. The standard InChI is InChI=1S/C20H20FN3O3S/c1-26-18-6-4-14(8-22-18)23-20(28-2)24-9-12(10-24)19-15-5-3-13(21)7-17(15)27-11-16(19)25/h3-8,12,19H,9-11H2,1-2H3. The molecule has 0 aliphatic carbocycles. The van der Waals surface area contributed by atoms with Gasteiger partial charge in [0.05, 0.1) is 24.9 Å². The summed E-state index contributed by atoms with van der Waals surface area (Å²) in [6.07, 6.45) is 3.64. The number of amidine groups is 1. The van der Waals surface area contributed by atoms with Crippen molar-refractivity contribution in [3.63, 3.8) is 0 Å². The predicted molar refractivity (Wildman–Crippen MR) is 106 cm³/mol. The summed E-state index contributed by atoms with van der Waals surface area (Å²) in [7, 11) is 1.57. The van der Waals surface area contributed by atoms with Gasteiger partial charge in [-0.3, -0.25) is 4.79 Å². The van der Waals surface area contributed by atoms with Gasteiger partial charge in [0.25, 0.3) is 0 Å². The second-order valence-corrected chi connectivity index (χ2v) is 7.51. The maximum Gasteiger partial charge on any atom is 0.213 e. The number of Topliss-reactive ketones (excluding diaryl/α,β-unsaturated/α-hetero) is 1. The van der Waals surface area contributed by atoms with E-state index in [4.69, 9.17) is 9.47 Å². The molecule has 8 heteroatoms. The van der Waals surface area contributed by atoms with E-state index < -0.39 is 0 Å². The number of aromatic nitrogens is 1. The first-order valence-corrected chi connectivity index (χ1v) is 10.1. The number of thioether (sulfide) groups is 1. The molecule has 3 heterocycles. The molecule has 0 spiro atoms. The Morgan fingerprint density at radius 2 is 2.18 bits per heavy atom. The van der Waals surface area contributed by atoms with Crippen molar-refractivity contribution < 1.29 is 18.7 Å². The van der Waals surface area contributed by atoms with Crippen LogP contribution in [0.5, 0.6) is 11.6 Å². The molecule has 0 amide bonds. The number of methoxy groups -OCH3 is 1. The normalized spacial score (nSPS) is 19.7. The van der Waals surface area contributed by atoms with Gasteiger partial charge in [0, 0.05) is 36.7 Å². The molecule has 1 aromatic heterocycles. The Labute approximate surface area is 166 Å². The molecule has 0 saturated carbocycles. The Morgan fingerprint density at radius 1 is 1.36 bits per heavy atom. The summed E-state index contributed by atoms with van der Waals surface area (Å²) >= 11 is 1.55. The Bertz CT molecular complexity index is 913. The van der Waals surface area contributed by atoms with Crippen molar-refractivity contribution in [1.29, 1.82) is 0 Å². The third-order valence-corrected chi connectivity index (χ3v) is 5.73. The van der Waals surface area contributed by atoms with E-state index in [1.807, 2.05) is 12.3 Å². The second-order valence-electron chi connectivity index (χ2n) is 6.74. The van der Waals surface area contributed by atoms with E-state index in [0.29, 0.717) is 11.6 Å². The fourth-order valence-electron chi connectivity index (χ4n) is 3.61. The van der Waals surface area contributed by atoms with Crippen molar-refractivity contribution in [3.05, 3.63) is 47.9 Å². The molecule has 2 aliphatic rings. The van der Waals surface area contributed by atoms with E-state index in [2.05, 4.69) is 14.9 Å². The lowest BCUT2D eigenvalue weighted by atomic mass is 9.77. The summed E-state index contributed by atoms with van der Waals surface area (Å²) < 4.78 is 24.0. The highest BCUT2D eigenvalue weighted by atomic mass is 32.2. The summed E-state index contributed by atoms with van der Waals surface area (Å²) in [6, 6.07) is 8.03. The molecule has 1 aromatic carbocycles. The van der Waals surface area contributed by atoms with Crippen molar-refractivity contribution in [2.24, 2.45) is 10.9 Å². The molecule has 1 atom stereocenters. The Kier molecular flexibility index (Phi) is 5.21. The number of ether oxygens (including phenoxy) is 2. The zero-order valence-corrected chi connectivity index (χ0v) is 16.4. The van der Waals surface area contributed by atoms with Crippen LogP contribution in [0.3, 0.4) is 0 Å². The number of hydrogen-bond donors (Lipinski definition) is 0. The van der Waals surface area contributed by atoms with Crippen LogP contribution in [0, 0.1) is 11.7 Å². The number of hydrogen-bond acceptors (Lipinski definition) is 6. The van der Waals surface area contributed by atoms with E-state index in [-0.39, 0.29) is 30.0 Å². The lowest BCUT2D eigenvalue weighted by Crippen LogP contribution is -2.53. The van der Waals surface area contributed by atoms with Gasteiger partial charge in [-0.1, -0.05) is 17.8 Å². The molecule has 6 nitrogen and oxygen atoms in total. The van der Waals surface area contributed by atoms with Crippen LogP contribution in [0.1, 0.15) is 11.5 Å². The van der Waals surface area contributed by atoms with Crippen LogP contribution in [0.25, 0.3) is 0 Å².